The van der Waals surface area contributed by atoms with Crippen LogP contribution in [0.2, 0.25) is 0 Å². The van der Waals surface area contributed by atoms with E-state index in [-0.39, 0.29) is 0 Å². The number of anilines is 1. The third-order valence-corrected chi connectivity index (χ3v) is 7.51. The van der Waals surface area contributed by atoms with Crippen LogP contribution >= 0.6 is 11.3 Å². The monoisotopic (exact) mass is 434 g/mol. The zero-order valence-electron chi connectivity index (χ0n) is 18.5. The first-order valence-electron chi connectivity index (χ1n) is 11.3. The molecule has 1 saturated carbocycles. The largest absolute Gasteiger partial charge is 0.371 e. The number of fused-ring (bicyclic) bond motifs is 3. The van der Waals surface area contributed by atoms with Crippen molar-refractivity contribution in [2.24, 2.45) is 13.0 Å². The van der Waals surface area contributed by atoms with Gasteiger partial charge in [-0.2, -0.15) is 0 Å². The molecule has 5 rings (SSSR count). The molecule has 3 aromatic heterocycles. The summed E-state index contributed by atoms with van der Waals surface area (Å²) in [5.74, 6) is 1.63. The summed E-state index contributed by atoms with van der Waals surface area (Å²) in [5, 5.41) is 7.94. The Morgan fingerprint density at radius 2 is 2.00 bits per heavy atom. The van der Waals surface area contributed by atoms with Gasteiger partial charge < -0.3 is 15.2 Å². The maximum absolute atomic E-state index is 4.99. The molecule has 162 valence electrons. The van der Waals surface area contributed by atoms with Crippen LogP contribution in [0.1, 0.15) is 50.6 Å². The Morgan fingerprint density at radius 3 is 2.81 bits per heavy atom. The number of thiazole rings is 1. The van der Waals surface area contributed by atoms with E-state index in [1.54, 1.807) is 11.3 Å². The Labute approximate surface area is 187 Å². The topological polar surface area (TPSA) is 67.7 Å². The molecule has 1 aliphatic rings. The van der Waals surface area contributed by atoms with Gasteiger partial charge in [0.15, 0.2) is 5.82 Å². The highest BCUT2D eigenvalue weighted by Gasteiger charge is 2.18. The first-order valence-corrected chi connectivity index (χ1v) is 12.1. The summed E-state index contributed by atoms with van der Waals surface area (Å²) < 4.78 is 2.03. The number of imidazole rings is 1. The number of hydrogen-bond acceptors (Lipinski definition) is 6. The van der Waals surface area contributed by atoms with E-state index < -0.39 is 0 Å². The fourth-order valence-electron chi connectivity index (χ4n) is 4.67. The summed E-state index contributed by atoms with van der Waals surface area (Å²) in [6.45, 7) is 3.38. The maximum Gasteiger partial charge on any atom is 0.155 e. The minimum Gasteiger partial charge on any atom is -0.371 e. The molecule has 0 spiro atoms. The number of benzene rings is 1. The zero-order valence-corrected chi connectivity index (χ0v) is 19.3. The number of nitrogens with one attached hydrogen (secondary N) is 2. The third kappa shape index (κ3) is 3.92. The Balaban J connectivity index is 1.44. The molecule has 1 aliphatic carbocycles. The van der Waals surface area contributed by atoms with Gasteiger partial charge in [0.2, 0.25) is 0 Å². The van der Waals surface area contributed by atoms with Crippen molar-refractivity contribution in [2.75, 3.05) is 18.9 Å². The molecule has 0 amide bonds. The Morgan fingerprint density at radius 1 is 1.16 bits per heavy atom. The summed E-state index contributed by atoms with van der Waals surface area (Å²) in [7, 11) is 3.89. The van der Waals surface area contributed by atoms with E-state index in [2.05, 4.69) is 46.8 Å². The van der Waals surface area contributed by atoms with Crippen molar-refractivity contribution >= 4 is 38.5 Å². The van der Waals surface area contributed by atoms with Crippen LogP contribution in [-0.2, 0) is 7.05 Å². The predicted octanol–water partition coefficient (Wildman–Crippen LogP) is 5.52. The fraction of sp³-hybridized carbons (Fsp3) is 0.458. The molecular weight excluding hydrogens is 404 g/mol. The lowest BCUT2D eigenvalue weighted by molar-refractivity contribution is 0.331. The van der Waals surface area contributed by atoms with Gasteiger partial charge in [-0.15, -0.1) is 0 Å². The van der Waals surface area contributed by atoms with Crippen molar-refractivity contribution in [3.8, 4) is 10.6 Å². The second kappa shape index (κ2) is 8.55. The summed E-state index contributed by atoms with van der Waals surface area (Å²) in [5.41, 5.74) is 5.26. The van der Waals surface area contributed by atoms with E-state index in [0.29, 0.717) is 6.04 Å². The highest BCUT2D eigenvalue weighted by atomic mass is 32.1. The standard InChI is InChI=1S/C24H30N6S/c1-15(26-13-16-8-5-4-6-9-16)17-10-7-11-18(12-17)23-28-20-21-19(27-14-30(21)3)22(25-2)29-24(20)31-23/h7,10-12,14-16,26H,4-6,8-9,13H2,1-3H3,(H,25,29). The molecule has 1 fully saturated rings. The molecule has 1 atom stereocenters. The van der Waals surface area contributed by atoms with Crippen LogP contribution < -0.4 is 10.6 Å². The van der Waals surface area contributed by atoms with Crippen molar-refractivity contribution in [2.45, 2.75) is 45.1 Å². The average Bonchev–Trinajstić information content (AvgIpc) is 3.41. The van der Waals surface area contributed by atoms with Crippen LogP contribution in [0.15, 0.2) is 30.6 Å². The van der Waals surface area contributed by atoms with E-state index >= 15 is 0 Å². The summed E-state index contributed by atoms with van der Waals surface area (Å²) in [4.78, 5) is 15.2. The molecule has 7 heteroatoms. The first-order chi connectivity index (χ1) is 15.1. The lowest BCUT2D eigenvalue weighted by Crippen LogP contribution is -2.27. The molecule has 0 bridgehead atoms. The third-order valence-electron chi connectivity index (χ3n) is 6.52. The highest BCUT2D eigenvalue weighted by molar-refractivity contribution is 7.21. The summed E-state index contributed by atoms with van der Waals surface area (Å²) in [6, 6.07) is 9.10. The van der Waals surface area contributed by atoms with E-state index in [0.717, 1.165) is 50.2 Å². The first kappa shape index (κ1) is 20.4. The van der Waals surface area contributed by atoms with E-state index in [9.17, 15) is 0 Å². The summed E-state index contributed by atoms with van der Waals surface area (Å²) in [6.07, 6.45) is 8.76. The van der Waals surface area contributed by atoms with Crippen molar-refractivity contribution in [3.63, 3.8) is 0 Å². The maximum atomic E-state index is 4.99. The highest BCUT2D eigenvalue weighted by Crippen LogP contribution is 2.35. The molecule has 1 aromatic carbocycles. The van der Waals surface area contributed by atoms with Crippen LogP contribution in [0.4, 0.5) is 5.82 Å². The Hall–Kier alpha value is -2.51. The Bertz CT molecular complexity index is 1200. The zero-order chi connectivity index (χ0) is 21.4. The molecule has 2 N–H and O–H groups in total. The second-order valence-corrected chi connectivity index (χ2v) is 9.67. The molecule has 3 heterocycles. The van der Waals surface area contributed by atoms with Gasteiger partial charge in [0, 0.05) is 25.7 Å². The molecule has 1 unspecified atom stereocenters. The lowest BCUT2D eigenvalue weighted by Gasteiger charge is -2.24. The van der Waals surface area contributed by atoms with E-state index in [4.69, 9.17) is 9.97 Å². The predicted molar refractivity (Wildman–Crippen MR) is 130 cm³/mol. The van der Waals surface area contributed by atoms with Crippen molar-refractivity contribution in [1.82, 2.24) is 24.8 Å². The molecule has 0 saturated heterocycles. The van der Waals surface area contributed by atoms with Gasteiger partial charge in [-0.05, 0) is 43.9 Å². The van der Waals surface area contributed by atoms with E-state index in [1.807, 2.05) is 25.0 Å². The molecule has 4 aromatic rings. The number of hydrogen-bond donors (Lipinski definition) is 2. The number of aromatic nitrogens is 4. The van der Waals surface area contributed by atoms with E-state index in [1.165, 1.54) is 37.7 Å². The fourth-order valence-corrected chi connectivity index (χ4v) is 5.61. The van der Waals surface area contributed by atoms with Gasteiger partial charge in [0.25, 0.3) is 0 Å². The minimum absolute atomic E-state index is 0.328. The van der Waals surface area contributed by atoms with Crippen LogP contribution in [0.5, 0.6) is 0 Å². The Kier molecular flexibility index (Phi) is 5.63. The number of rotatable bonds is 6. The van der Waals surface area contributed by atoms with Crippen LogP contribution in [-0.4, -0.2) is 33.1 Å². The SMILES string of the molecule is CNc1nc2sc(-c3cccc(C(C)NCC4CCCCC4)c3)nc2c2c1ncn2C. The number of pyridine rings is 1. The summed E-state index contributed by atoms with van der Waals surface area (Å²) >= 11 is 1.64. The molecular formula is C24H30N6S. The second-order valence-electron chi connectivity index (χ2n) is 8.70. The number of aryl methyl sites for hydroxylation is 1. The van der Waals surface area contributed by atoms with Crippen molar-refractivity contribution < 1.29 is 0 Å². The smallest absolute Gasteiger partial charge is 0.155 e. The molecule has 6 nitrogen and oxygen atoms in total. The van der Waals surface area contributed by atoms with Gasteiger partial charge in [0.1, 0.15) is 26.4 Å². The van der Waals surface area contributed by atoms with Crippen LogP contribution in [0.25, 0.3) is 32.0 Å². The van der Waals surface area contributed by atoms with Crippen molar-refractivity contribution in [3.05, 3.63) is 36.2 Å². The van der Waals surface area contributed by atoms with Gasteiger partial charge >= 0.3 is 0 Å². The quantitative estimate of drug-likeness (QED) is 0.418. The number of nitrogens with zero attached hydrogens (tertiary/aromatic N) is 4. The van der Waals surface area contributed by atoms with Gasteiger partial charge in [-0.1, -0.05) is 48.8 Å². The van der Waals surface area contributed by atoms with Crippen LogP contribution in [0, 0.1) is 5.92 Å². The molecule has 31 heavy (non-hydrogen) atoms. The lowest BCUT2D eigenvalue weighted by atomic mass is 9.89. The van der Waals surface area contributed by atoms with Crippen LogP contribution in [0.3, 0.4) is 0 Å². The van der Waals surface area contributed by atoms with Gasteiger partial charge in [-0.3, -0.25) is 0 Å². The van der Waals surface area contributed by atoms with Gasteiger partial charge in [-0.25, -0.2) is 15.0 Å². The molecule has 0 radical (unpaired) electrons. The normalized spacial score (nSPS) is 16.2. The van der Waals surface area contributed by atoms with Crippen molar-refractivity contribution in [1.29, 1.82) is 0 Å². The molecule has 0 aliphatic heterocycles. The van der Waals surface area contributed by atoms with Gasteiger partial charge in [0.05, 0.1) is 6.33 Å². The average molecular weight is 435 g/mol. The minimum atomic E-state index is 0.328.